The lowest BCUT2D eigenvalue weighted by Crippen LogP contribution is -2.17. The van der Waals surface area contributed by atoms with Gasteiger partial charge < -0.3 is 0 Å². The number of nitrogens with one attached hydrogen (secondary N) is 2. The van der Waals surface area contributed by atoms with E-state index >= 15 is 0 Å². The van der Waals surface area contributed by atoms with Crippen molar-refractivity contribution in [1.82, 2.24) is 9.36 Å². The highest BCUT2D eigenvalue weighted by atomic mass is 32.2. The number of carbonyl (C=O) groups is 1. The fraction of sp³-hybridized carbons (Fsp3) is 0.0870. The van der Waals surface area contributed by atoms with Gasteiger partial charge in [0.1, 0.15) is 0 Å². The molecule has 0 aliphatic heterocycles. The topological polar surface area (TPSA) is 101 Å². The number of aryl methyl sites for hydroxylation is 2. The Labute approximate surface area is 190 Å². The number of carbonyl (C=O) groups excluding carboxylic acids is 1. The van der Waals surface area contributed by atoms with E-state index in [4.69, 9.17) is 0 Å². The third kappa shape index (κ3) is 4.84. The average Bonchev–Trinajstić information content (AvgIpc) is 3.24. The molecule has 3 aromatic carbocycles. The first kappa shape index (κ1) is 21.7. The number of aromatic nitrogens is 2. The summed E-state index contributed by atoms with van der Waals surface area (Å²) in [5, 5.41) is 3.05. The zero-order valence-electron chi connectivity index (χ0n) is 17.4. The fourth-order valence-corrected chi connectivity index (χ4v) is 4.66. The number of rotatable bonds is 6. The number of hydrogen-bond donors (Lipinski definition) is 2. The quantitative estimate of drug-likeness (QED) is 0.424. The van der Waals surface area contributed by atoms with Crippen LogP contribution in [-0.2, 0) is 10.0 Å². The summed E-state index contributed by atoms with van der Waals surface area (Å²) in [5.41, 5.74) is 3.20. The monoisotopic (exact) mass is 464 g/mol. The number of anilines is 2. The molecular weight excluding hydrogens is 444 g/mol. The lowest BCUT2D eigenvalue weighted by atomic mass is 10.1. The van der Waals surface area contributed by atoms with Gasteiger partial charge in [-0.1, -0.05) is 54.1 Å². The van der Waals surface area contributed by atoms with Crippen LogP contribution in [0.25, 0.3) is 11.4 Å². The molecule has 9 heteroatoms. The molecule has 1 aromatic heterocycles. The first-order valence-electron chi connectivity index (χ1n) is 9.72. The maximum Gasteiger partial charge on any atom is 0.261 e. The molecule has 0 saturated heterocycles. The van der Waals surface area contributed by atoms with Crippen LogP contribution in [-0.4, -0.2) is 23.7 Å². The molecule has 162 valence electrons. The Morgan fingerprint density at radius 3 is 2.38 bits per heavy atom. The molecule has 2 N–H and O–H groups in total. The van der Waals surface area contributed by atoms with Gasteiger partial charge in [0.05, 0.1) is 4.90 Å². The molecule has 0 aliphatic rings. The van der Waals surface area contributed by atoms with Crippen LogP contribution in [0.4, 0.5) is 10.8 Å². The van der Waals surface area contributed by atoms with Crippen LogP contribution in [0.15, 0.2) is 77.7 Å². The number of nitrogens with zero attached hydrogens (tertiary/aromatic N) is 2. The SMILES string of the molecule is Cc1ccc(NS(=O)(=O)c2ccc(C)c(C(=O)Nc3nc(-c4ccccc4)ns3)c2)cc1. The standard InChI is InChI=1S/C23H20N4O3S2/c1-15-8-11-18(12-9-15)27-32(29,30)19-13-10-16(2)20(14-19)22(28)25-23-24-21(26-31-23)17-6-4-3-5-7-17/h3-14,27H,1-2H3,(H,24,25,26,28). The van der Waals surface area contributed by atoms with E-state index in [2.05, 4.69) is 19.4 Å². The molecule has 0 unspecified atom stereocenters. The summed E-state index contributed by atoms with van der Waals surface area (Å²) in [5.74, 6) is 0.0619. The molecule has 0 spiro atoms. The Kier molecular flexibility index (Phi) is 6.02. The van der Waals surface area contributed by atoms with Crippen LogP contribution in [0.5, 0.6) is 0 Å². The molecule has 0 aliphatic carbocycles. The van der Waals surface area contributed by atoms with E-state index in [1.54, 1.807) is 25.1 Å². The first-order chi connectivity index (χ1) is 15.3. The van der Waals surface area contributed by atoms with E-state index in [1.807, 2.05) is 49.4 Å². The van der Waals surface area contributed by atoms with Crippen molar-refractivity contribution < 1.29 is 13.2 Å². The van der Waals surface area contributed by atoms with Crippen molar-refractivity contribution in [2.45, 2.75) is 18.7 Å². The highest BCUT2D eigenvalue weighted by Gasteiger charge is 2.19. The van der Waals surface area contributed by atoms with E-state index < -0.39 is 15.9 Å². The molecule has 0 fully saturated rings. The normalized spacial score (nSPS) is 11.2. The van der Waals surface area contributed by atoms with Gasteiger partial charge in [-0.05, 0) is 43.7 Å². The molecule has 0 bridgehead atoms. The van der Waals surface area contributed by atoms with Crippen LogP contribution in [0.1, 0.15) is 21.5 Å². The summed E-state index contributed by atoms with van der Waals surface area (Å²) >= 11 is 1.06. The van der Waals surface area contributed by atoms with Crippen molar-refractivity contribution in [2.24, 2.45) is 0 Å². The maximum atomic E-state index is 12.9. The lowest BCUT2D eigenvalue weighted by Gasteiger charge is -2.11. The zero-order valence-corrected chi connectivity index (χ0v) is 19.0. The lowest BCUT2D eigenvalue weighted by molar-refractivity contribution is 0.102. The number of sulfonamides is 1. The molecule has 4 rings (SSSR count). The van der Waals surface area contributed by atoms with Crippen molar-refractivity contribution >= 4 is 38.3 Å². The van der Waals surface area contributed by atoms with E-state index in [9.17, 15) is 13.2 Å². The second kappa shape index (κ2) is 8.89. The van der Waals surface area contributed by atoms with E-state index in [0.717, 1.165) is 22.7 Å². The first-order valence-corrected chi connectivity index (χ1v) is 12.0. The Morgan fingerprint density at radius 1 is 0.938 bits per heavy atom. The molecule has 1 heterocycles. The van der Waals surface area contributed by atoms with Crippen molar-refractivity contribution in [2.75, 3.05) is 10.0 Å². The van der Waals surface area contributed by atoms with Crippen molar-refractivity contribution in [3.63, 3.8) is 0 Å². The van der Waals surface area contributed by atoms with Gasteiger partial charge in [-0.15, -0.1) is 0 Å². The number of hydrogen-bond acceptors (Lipinski definition) is 6. The third-order valence-electron chi connectivity index (χ3n) is 4.75. The summed E-state index contributed by atoms with van der Waals surface area (Å²) < 4.78 is 32.5. The summed E-state index contributed by atoms with van der Waals surface area (Å²) in [4.78, 5) is 17.2. The second-order valence-electron chi connectivity index (χ2n) is 7.19. The van der Waals surface area contributed by atoms with E-state index in [1.165, 1.54) is 12.1 Å². The highest BCUT2D eigenvalue weighted by molar-refractivity contribution is 7.92. The molecule has 4 aromatic rings. The Balaban J connectivity index is 1.55. The maximum absolute atomic E-state index is 12.9. The predicted octanol–water partition coefficient (Wildman–Crippen LogP) is 4.88. The fourth-order valence-electron chi connectivity index (χ4n) is 2.99. The summed E-state index contributed by atoms with van der Waals surface area (Å²) in [6.45, 7) is 3.66. The smallest absolute Gasteiger partial charge is 0.261 e. The molecule has 32 heavy (non-hydrogen) atoms. The van der Waals surface area contributed by atoms with E-state index in [-0.39, 0.29) is 10.5 Å². The van der Waals surface area contributed by atoms with Gasteiger partial charge in [-0.2, -0.15) is 9.36 Å². The number of benzene rings is 3. The Bertz CT molecular complexity index is 1370. The van der Waals surface area contributed by atoms with Gasteiger partial charge in [0.2, 0.25) is 5.13 Å². The minimum absolute atomic E-state index is 0.00365. The van der Waals surface area contributed by atoms with Crippen LogP contribution in [0.3, 0.4) is 0 Å². The zero-order chi connectivity index (χ0) is 22.7. The van der Waals surface area contributed by atoms with Gasteiger partial charge in [0, 0.05) is 28.3 Å². The van der Waals surface area contributed by atoms with Crippen LogP contribution < -0.4 is 10.0 Å². The van der Waals surface area contributed by atoms with Crippen molar-refractivity contribution in [1.29, 1.82) is 0 Å². The van der Waals surface area contributed by atoms with Gasteiger partial charge in [0.25, 0.3) is 15.9 Å². The van der Waals surface area contributed by atoms with E-state index in [0.29, 0.717) is 22.2 Å². The van der Waals surface area contributed by atoms with Gasteiger partial charge >= 0.3 is 0 Å². The summed E-state index contributed by atoms with van der Waals surface area (Å²) in [6.07, 6.45) is 0. The molecule has 0 radical (unpaired) electrons. The highest BCUT2D eigenvalue weighted by Crippen LogP contribution is 2.23. The second-order valence-corrected chi connectivity index (χ2v) is 9.63. The largest absolute Gasteiger partial charge is 0.297 e. The third-order valence-corrected chi connectivity index (χ3v) is 6.76. The van der Waals surface area contributed by atoms with Gasteiger partial charge in [-0.3, -0.25) is 14.8 Å². The predicted molar refractivity (Wildman–Crippen MR) is 126 cm³/mol. The molecule has 1 amide bonds. The molecule has 0 saturated carbocycles. The van der Waals surface area contributed by atoms with Crippen molar-refractivity contribution in [3.05, 3.63) is 89.5 Å². The minimum Gasteiger partial charge on any atom is -0.297 e. The van der Waals surface area contributed by atoms with Crippen LogP contribution >= 0.6 is 11.5 Å². The van der Waals surface area contributed by atoms with Gasteiger partial charge in [-0.25, -0.2) is 8.42 Å². The summed E-state index contributed by atoms with van der Waals surface area (Å²) in [6, 6.07) is 20.9. The van der Waals surface area contributed by atoms with Crippen molar-refractivity contribution in [3.8, 4) is 11.4 Å². The molecular formula is C23H20N4O3S2. The Morgan fingerprint density at radius 2 is 1.66 bits per heavy atom. The van der Waals surface area contributed by atoms with Crippen LogP contribution in [0, 0.1) is 13.8 Å². The van der Waals surface area contributed by atoms with Crippen LogP contribution in [0.2, 0.25) is 0 Å². The molecule has 7 nitrogen and oxygen atoms in total. The Hall–Kier alpha value is -3.56. The summed E-state index contributed by atoms with van der Waals surface area (Å²) in [7, 11) is -3.86. The minimum atomic E-state index is -3.86. The number of amides is 1. The molecule has 0 atom stereocenters. The average molecular weight is 465 g/mol. The van der Waals surface area contributed by atoms with Gasteiger partial charge in [0.15, 0.2) is 5.82 Å².